The largest absolute Gasteiger partial charge is 0.356 e. The van der Waals surface area contributed by atoms with Gasteiger partial charge in [-0.15, -0.1) is 5.10 Å². The minimum absolute atomic E-state index is 0.681. The van der Waals surface area contributed by atoms with Gasteiger partial charge in [0.1, 0.15) is 0 Å². The van der Waals surface area contributed by atoms with Crippen LogP contribution in [0.5, 0.6) is 0 Å². The van der Waals surface area contributed by atoms with E-state index >= 15 is 0 Å². The van der Waals surface area contributed by atoms with E-state index in [0.29, 0.717) is 5.92 Å². The lowest BCUT2D eigenvalue weighted by Crippen LogP contribution is -2.31. The van der Waals surface area contributed by atoms with Gasteiger partial charge in [-0.3, -0.25) is 0 Å². The number of nitrogens with one attached hydrogen (secondary N) is 1. The average Bonchev–Trinajstić information content (AvgIpc) is 2.44. The molecule has 0 radical (unpaired) electrons. The first kappa shape index (κ1) is 14.7. The summed E-state index contributed by atoms with van der Waals surface area (Å²) in [7, 11) is 2.07. The van der Waals surface area contributed by atoms with E-state index in [1.54, 1.807) is 0 Å². The molecule has 0 unspecified atom stereocenters. The van der Waals surface area contributed by atoms with E-state index in [1.165, 1.54) is 10.8 Å². The molecule has 0 aliphatic carbocycles. The smallest absolute Gasteiger partial charge is 0.158 e. The molecule has 0 aliphatic heterocycles. The fourth-order valence-corrected chi connectivity index (χ4v) is 2.25. The molecule has 0 saturated carbocycles. The van der Waals surface area contributed by atoms with Gasteiger partial charge in [0.2, 0.25) is 0 Å². The predicted molar refractivity (Wildman–Crippen MR) is 85.3 cm³/mol. The summed E-state index contributed by atoms with van der Waals surface area (Å²) in [5.41, 5.74) is 0.982. The van der Waals surface area contributed by atoms with E-state index in [2.05, 4.69) is 59.5 Å². The number of aryl methyl sites for hydroxylation is 1. The molecule has 2 rings (SSSR count). The quantitative estimate of drug-likeness (QED) is 0.821. The predicted octanol–water partition coefficient (Wildman–Crippen LogP) is 2.62. The Morgan fingerprint density at radius 1 is 1.15 bits per heavy atom. The Bertz CT molecular complexity index is 565. The Morgan fingerprint density at radius 2 is 1.85 bits per heavy atom. The monoisotopic (exact) mass is 272 g/mol. The molecule has 0 aliphatic rings. The van der Waals surface area contributed by atoms with Crippen LogP contribution in [-0.2, 0) is 0 Å². The summed E-state index contributed by atoms with van der Waals surface area (Å²) in [4.78, 5) is 2.17. The Balaban J connectivity index is 2.10. The number of anilines is 1. The highest BCUT2D eigenvalue weighted by Gasteiger charge is 2.10. The molecule has 20 heavy (non-hydrogen) atoms. The van der Waals surface area contributed by atoms with Gasteiger partial charge in [0.05, 0.1) is 5.69 Å². The number of nitrogens with zero attached hydrogens (tertiary/aromatic N) is 3. The average molecular weight is 272 g/mol. The molecule has 1 heterocycles. The van der Waals surface area contributed by atoms with Crippen molar-refractivity contribution >= 4 is 16.6 Å². The van der Waals surface area contributed by atoms with Crippen LogP contribution >= 0.6 is 0 Å². The van der Waals surface area contributed by atoms with Gasteiger partial charge in [-0.1, -0.05) is 38.1 Å². The van der Waals surface area contributed by atoms with Crippen molar-refractivity contribution in [2.45, 2.75) is 20.8 Å². The zero-order valence-corrected chi connectivity index (χ0v) is 12.8. The maximum Gasteiger partial charge on any atom is 0.158 e. The maximum atomic E-state index is 4.37. The third-order valence-corrected chi connectivity index (χ3v) is 3.39. The lowest BCUT2D eigenvalue weighted by molar-refractivity contribution is 0.554. The molecule has 1 N–H and O–H groups in total. The summed E-state index contributed by atoms with van der Waals surface area (Å²) in [6.07, 6.45) is 0. The lowest BCUT2D eigenvalue weighted by Gasteiger charge is -2.20. The number of hydrogen-bond donors (Lipinski definition) is 1. The van der Waals surface area contributed by atoms with Crippen LogP contribution in [0.25, 0.3) is 10.8 Å². The van der Waals surface area contributed by atoms with Crippen LogP contribution in [0, 0.1) is 12.8 Å². The molecular formula is C16H24N4. The van der Waals surface area contributed by atoms with Crippen molar-refractivity contribution in [2.24, 2.45) is 5.92 Å². The second-order valence-electron chi connectivity index (χ2n) is 5.67. The Hall–Kier alpha value is -1.68. The van der Waals surface area contributed by atoms with Gasteiger partial charge < -0.3 is 10.2 Å². The van der Waals surface area contributed by atoms with Crippen molar-refractivity contribution in [1.29, 1.82) is 0 Å². The van der Waals surface area contributed by atoms with E-state index in [1.807, 2.05) is 13.0 Å². The Morgan fingerprint density at radius 3 is 2.55 bits per heavy atom. The van der Waals surface area contributed by atoms with Crippen molar-refractivity contribution in [3.8, 4) is 0 Å². The molecule has 0 spiro atoms. The van der Waals surface area contributed by atoms with Crippen LogP contribution in [0.1, 0.15) is 19.5 Å². The number of benzene rings is 1. The number of aromatic nitrogens is 2. The van der Waals surface area contributed by atoms with Gasteiger partial charge in [0.15, 0.2) is 5.82 Å². The Labute approximate surface area is 121 Å². The van der Waals surface area contributed by atoms with Crippen molar-refractivity contribution < 1.29 is 0 Å². The zero-order valence-electron chi connectivity index (χ0n) is 12.8. The van der Waals surface area contributed by atoms with Crippen LogP contribution in [0.4, 0.5) is 5.82 Å². The molecule has 0 saturated heterocycles. The SMILES string of the molecule is Cc1nnc(N(C)CCNCC(C)C)c2ccccc12. The number of rotatable bonds is 6. The molecule has 0 atom stereocenters. The molecule has 4 nitrogen and oxygen atoms in total. The number of hydrogen-bond acceptors (Lipinski definition) is 4. The Kier molecular flexibility index (Phi) is 4.90. The van der Waals surface area contributed by atoms with Crippen molar-refractivity contribution in [3.05, 3.63) is 30.0 Å². The summed E-state index contributed by atoms with van der Waals surface area (Å²) in [6, 6.07) is 8.32. The van der Waals surface area contributed by atoms with Crippen LogP contribution < -0.4 is 10.2 Å². The van der Waals surface area contributed by atoms with E-state index in [4.69, 9.17) is 0 Å². The topological polar surface area (TPSA) is 41.1 Å². The highest BCUT2D eigenvalue weighted by Crippen LogP contribution is 2.24. The molecule has 1 aromatic heterocycles. The number of fused-ring (bicyclic) bond motifs is 1. The minimum atomic E-state index is 0.681. The van der Waals surface area contributed by atoms with E-state index < -0.39 is 0 Å². The normalized spacial score (nSPS) is 11.2. The van der Waals surface area contributed by atoms with Crippen LogP contribution in [-0.4, -0.2) is 36.9 Å². The van der Waals surface area contributed by atoms with Crippen LogP contribution in [0.2, 0.25) is 0 Å². The first-order valence-electron chi connectivity index (χ1n) is 7.23. The molecular weight excluding hydrogens is 248 g/mol. The second kappa shape index (κ2) is 6.66. The first-order chi connectivity index (χ1) is 9.59. The lowest BCUT2D eigenvalue weighted by atomic mass is 10.1. The molecule has 0 fully saturated rings. The third kappa shape index (κ3) is 3.45. The molecule has 0 bridgehead atoms. The van der Waals surface area contributed by atoms with E-state index in [0.717, 1.165) is 31.1 Å². The molecule has 108 valence electrons. The van der Waals surface area contributed by atoms with Gasteiger partial charge in [0.25, 0.3) is 0 Å². The number of likely N-dealkylation sites (N-methyl/N-ethyl adjacent to an activating group) is 1. The van der Waals surface area contributed by atoms with Gasteiger partial charge in [-0.2, -0.15) is 5.10 Å². The fourth-order valence-electron chi connectivity index (χ4n) is 2.25. The van der Waals surface area contributed by atoms with Gasteiger partial charge in [-0.05, 0) is 19.4 Å². The first-order valence-corrected chi connectivity index (χ1v) is 7.23. The van der Waals surface area contributed by atoms with Gasteiger partial charge >= 0.3 is 0 Å². The van der Waals surface area contributed by atoms with Crippen LogP contribution in [0.3, 0.4) is 0 Å². The van der Waals surface area contributed by atoms with Crippen LogP contribution in [0.15, 0.2) is 24.3 Å². The molecule has 4 heteroatoms. The van der Waals surface area contributed by atoms with Gasteiger partial charge in [0, 0.05) is 30.9 Å². The summed E-state index contributed by atoms with van der Waals surface area (Å²) < 4.78 is 0. The summed E-state index contributed by atoms with van der Waals surface area (Å²) >= 11 is 0. The zero-order chi connectivity index (χ0) is 14.5. The van der Waals surface area contributed by atoms with E-state index in [-0.39, 0.29) is 0 Å². The van der Waals surface area contributed by atoms with E-state index in [9.17, 15) is 0 Å². The highest BCUT2D eigenvalue weighted by molar-refractivity contribution is 5.93. The second-order valence-corrected chi connectivity index (χ2v) is 5.67. The molecule has 1 aromatic carbocycles. The summed E-state index contributed by atoms with van der Waals surface area (Å²) in [5.74, 6) is 1.64. The fraction of sp³-hybridized carbons (Fsp3) is 0.500. The van der Waals surface area contributed by atoms with Gasteiger partial charge in [-0.25, -0.2) is 0 Å². The molecule has 0 amide bonds. The summed E-state index contributed by atoms with van der Waals surface area (Å²) in [5, 5.41) is 14.4. The standard InChI is InChI=1S/C16H24N4/c1-12(2)11-17-9-10-20(4)16-15-8-6-5-7-14(15)13(3)18-19-16/h5-8,12,17H,9-11H2,1-4H3. The van der Waals surface area contributed by atoms with Crippen molar-refractivity contribution in [1.82, 2.24) is 15.5 Å². The minimum Gasteiger partial charge on any atom is -0.356 e. The highest BCUT2D eigenvalue weighted by atomic mass is 15.3. The third-order valence-electron chi connectivity index (χ3n) is 3.39. The molecule has 2 aromatic rings. The maximum absolute atomic E-state index is 4.37. The summed E-state index contributed by atoms with van der Waals surface area (Å²) in [6.45, 7) is 9.37. The van der Waals surface area contributed by atoms with Crippen molar-refractivity contribution in [3.63, 3.8) is 0 Å². The van der Waals surface area contributed by atoms with Crippen molar-refractivity contribution in [2.75, 3.05) is 31.6 Å².